The van der Waals surface area contributed by atoms with Crippen molar-refractivity contribution in [2.24, 2.45) is 0 Å². The van der Waals surface area contributed by atoms with Crippen LogP contribution in [0, 0.1) is 32.1 Å². The number of allylic oxidation sites excluding steroid dienone is 3. The molecule has 0 atom stereocenters. The molecule has 156 valence electrons. The maximum absolute atomic E-state index is 11.6. The number of carboxylic acid groups (broad SMARTS) is 1. The van der Waals surface area contributed by atoms with E-state index in [0.29, 0.717) is 11.1 Å². The lowest BCUT2D eigenvalue weighted by atomic mass is 9.95. The van der Waals surface area contributed by atoms with E-state index >= 15 is 0 Å². The highest BCUT2D eigenvalue weighted by Gasteiger charge is 2.23. The van der Waals surface area contributed by atoms with Crippen molar-refractivity contribution in [3.05, 3.63) is 64.9 Å². The van der Waals surface area contributed by atoms with E-state index in [1.165, 1.54) is 0 Å². The van der Waals surface area contributed by atoms with Gasteiger partial charge < -0.3 is 15.3 Å². The first-order valence-corrected chi connectivity index (χ1v) is 10.1. The van der Waals surface area contributed by atoms with Crippen molar-refractivity contribution < 1.29 is 9.90 Å². The highest BCUT2D eigenvalue weighted by atomic mass is 16.4. The molecule has 2 N–H and O–H groups in total. The number of aryl methyl sites for hydroxylation is 2. The molecule has 0 bridgehead atoms. The molecule has 1 saturated heterocycles. The van der Waals surface area contributed by atoms with E-state index in [1.54, 1.807) is 12.2 Å². The molecular formula is C24H33N3O2. The smallest absolute Gasteiger partial charge is 0.336 e. The van der Waals surface area contributed by atoms with Crippen LogP contribution in [0.3, 0.4) is 0 Å². The summed E-state index contributed by atoms with van der Waals surface area (Å²) >= 11 is 0. The zero-order valence-electron chi connectivity index (χ0n) is 18.3. The molecule has 5 nitrogen and oxygen atoms in total. The molecule has 0 amide bonds. The van der Waals surface area contributed by atoms with Crippen molar-refractivity contribution in [2.45, 2.75) is 53.5 Å². The van der Waals surface area contributed by atoms with Gasteiger partial charge in [0, 0.05) is 24.8 Å². The van der Waals surface area contributed by atoms with E-state index in [4.69, 9.17) is 0 Å². The molecule has 29 heavy (non-hydrogen) atoms. The van der Waals surface area contributed by atoms with Gasteiger partial charge in [0.05, 0.1) is 16.8 Å². The van der Waals surface area contributed by atoms with Crippen LogP contribution < -0.4 is 5.32 Å². The second kappa shape index (κ2) is 11.1. The number of likely N-dealkylation sites (tertiary alicyclic amines) is 1. The van der Waals surface area contributed by atoms with Crippen molar-refractivity contribution in [2.75, 3.05) is 18.4 Å². The quantitative estimate of drug-likeness (QED) is 0.501. The highest BCUT2D eigenvalue weighted by Crippen LogP contribution is 2.29. The number of benzene rings is 1. The number of anilines is 1. The Morgan fingerprint density at radius 2 is 1.79 bits per heavy atom. The zero-order chi connectivity index (χ0) is 22.1. The minimum Gasteiger partial charge on any atom is -0.478 e. The van der Waals surface area contributed by atoms with E-state index in [-0.39, 0.29) is 6.04 Å². The van der Waals surface area contributed by atoms with Gasteiger partial charge >= 0.3 is 5.97 Å². The van der Waals surface area contributed by atoms with Gasteiger partial charge in [-0.2, -0.15) is 5.26 Å². The Morgan fingerprint density at radius 1 is 1.21 bits per heavy atom. The van der Waals surface area contributed by atoms with Gasteiger partial charge in [-0.05, 0) is 62.5 Å². The third-order valence-electron chi connectivity index (χ3n) is 5.16. The number of carboxylic acids is 1. The van der Waals surface area contributed by atoms with Crippen LogP contribution in [0.4, 0.5) is 5.69 Å². The Hall–Kier alpha value is -3.00. The van der Waals surface area contributed by atoms with Crippen LogP contribution in [0.5, 0.6) is 0 Å². The van der Waals surface area contributed by atoms with Crippen LogP contribution >= 0.6 is 0 Å². The summed E-state index contributed by atoms with van der Waals surface area (Å²) in [5.41, 5.74) is 5.28. The van der Waals surface area contributed by atoms with Crippen molar-refractivity contribution in [3.63, 3.8) is 0 Å². The Kier molecular flexibility index (Phi) is 9.21. The molecule has 0 aliphatic carbocycles. The molecule has 1 aliphatic heterocycles. The summed E-state index contributed by atoms with van der Waals surface area (Å²) in [5, 5.41) is 22.3. The average molecular weight is 396 g/mol. The molecule has 5 heteroatoms. The van der Waals surface area contributed by atoms with Gasteiger partial charge in [-0.25, -0.2) is 4.79 Å². The largest absolute Gasteiger partial charge is 0.478 e. The van der Waals surface area contributed by atoms with Crippen LogP contribution in [0.2, 0.25) is 0 Å². The number of nitrogens with one attached hydrogen (secondary N) is 1. The SMILES string of the molecule is C=C/C(C#N)=C(\C=C)N1CCC(Nc2c(C)cc(C)c(C(=O)O)c2C)CC1.CC. The average Bonchev–Trinajstić information content (AvgIpc) is 2.71. The summed E-state index contributed by atoms with van der Waals surface area (Å²) in [4.78, 5) is 13.7. The molecule has 1 aromatic rings. The summed E-state index contributed by atoms with van der Waals surface area (Å²) in [5.74, 6) is -0.892. The number of hydrogen-bond acceptors (Lipinski definition) is 4. The van der Waals surface area contributed by atoms with Crippen LogP contribution in [-0.4, -0.2) is 35.1 Å². The first kappa shape index (κ1) is 24.0. The molecule has 0 spiro atoms. The van der Waals surface area contributed by atoms with Crippen molar-refractivity contribution in [1.82, 2.24) is 4.90 Å². The topological polar surface area (TPSA) is 76.4 Å². The van der Waals surface area contributed by atoms with Gasteiger partial charge in [-0.15, -0.1) is 0 Å². The molecule has 1 aliphatic rings. The predicted octanol–water partition coefficient (Wildman–Crippen LogP) is 5.36. The van der Waals surface area contributed by atoms with Gasteiger partial charge in [-0.3, -0.25) is 0 Å². The molecule has 1 aromatic carbocycles. The number of nitriles is 1. The third-order valence-corrected chi connectivity index (χ3v) is 5.16. The van der Waals surface area contributed by atoms with Crippen molar-refractivity contribution >= 4 is 11.7 Å². The molecule has 0 aromatic heterocycles. The van der Waals surface area contributed by atoms with E-state index in [2.05, 4.69) is 29.4 Å². The van der Waals surface area contributed by atoms with Gasteiger partial charge in [0.15, 0.2) is 0 Å². The lowest BCUT2D eigenvalue weighted by Gasteiger charge is -2.36. The number of hydrogen-bond donors (Lipinski definition) is 2. The fourth-order valence-electron chi connectivity index (χ4n) is 3.82. The Morgan fingerprint density at radius 3 is 2.24 bits per heavy atom. The minimum absolute atomic E-state index is 0.253. The molecule has 0 radical (unpaired) electrons. The Labute approximate surface area is 175 Å². The molecule has 1 heterocycles. The zero-order valence-corrected chi connectivity index (χ0v) is 18.3. The van der Waals surface area contributed by atoms with Crippen molar-refractivity contribution in [3.8, 4) is 6.07 Å². The van der Waals surface area contributed by atoms with E-state index in [9.17, 15) is 15.2 Å². The van der Waals surface area contributed by atoms with Gasteiger partial charge in [0.2, 0.25) is 0 Å². The van der Waals surface area contributed by atoms with Crippen LogP contribution in [-0.2, 0) is 0 Å². The fraction of sp³-hybridized carbons (Fsp3) is 0.417. The number of aromatic carboxylic acids is 1. The van der Waals surface area contributed by atoms with Crippen LogP contribution in [0.15, 0.2) is 42.6 Å². The second-order valence-electron chi connectivity index (χ2n) is 6.92. The standard InChI is InChI=1S/C22H27N3O2.C2H6/c1-6-17(13-23)19(7-2)25-10-8-18(9-11-25)24-21-15(4)12-14(3)20(16(21)5)22(26)27;1-2/h6-7,12,18,24H,1-2,8-11H2,3-5H3,(H,26,27);1-2H3/b19-17-;. The van der Waals surface area contributed by atoms with E-state index < -0.39 is 5.97 Å². The van der Waals surface area contributed by atoms with E-state index in [1.807, 2.05) is 40.7 Å². The van der Waals surface area contributed by atoms with Crippen LogP contribution in [0.1, 0.15) is 53.7 Å². The normalized spacial score (nSPS) is 14.7. The first-order chi connectivity index (χ1) is 13.8. The van der Waals surface area contributed by atoms with Crippen LogP contribution in [0.25, 0.3) is 0 Å². The second-order valence-corrected chi connectivity index (χ2v) is 6.92. The summed E-state index contributed by atoms with van der Waals surface area (Å²) in [6.45, 7) is 18.8. The van der Waals surface area contributed by atoms with Gasteiger partial charge in [0.25, 0.3) is 0 Å². The lowest BCUT2D eigenvalue weighted by molar-refractivity contribution is 0.0695. The third kappa shape index (κ3) is 5.51. The minimum atomic E-state index is -0.892. The highest BCUT2D eigenvalue weighted by molar-refractivity contribution is 5.93. The summed E-state index contributed by atoms with van der Waals surface area (Å²) < 4.78 is 0. The molecule has 0 unspecified atom stereocenters. The lowest BCUT2D eigenvalue weighted by Crippen LogP contribution is -2.39. The molecule has 0 saturated carbocycles. The Balaban J connectivity index is 0.00000204. The van der Waals surface area contributed by atoms with Gasteiger partial charge in [-0.1, -0.05) is 33.1 Å². The maximum atomic E-state index is 11.6. The summed E-state index contributed by atoms with van der Waals surface area (Å²) in [6, 6.07) is 4.34. The fourth-order valence-corrected chi connectivity index (χ4v) is 3.82. The van der Waals surface area contributed by atoms with Crippen molar-refractivity contribution in [1.29, 1.82) is 5.26 Å². The Bertz CT molecular complexity index is 839. The summed E-state index contributed by atoms with van der Waals surface area (Å²) in [7, 11) is 0. The molecular weight excluding hydrogens is 362 g/mol. The van der Waals surface area contributed by atoms with E-state index in [0.717, 1.165) is 54.0 Å². The monoisotopic (exact) mass is 395 g/mol. The first-order valence-electron chi connectivity index (χ1n) is 10.1. The van der Waals surface area contributed by atoms with Gasteiger partial charge in [0.1, 0.15) is 6.07 Å². The summed E-state index contributed by atoms with van der Waals surface area (Å²) in [6.07, 6.45) is 5.06. The number of nitrogens with zero attached hydrogens (tertiary/aromatic N) is 2. The predicted molar refractivity (Wildman–Crippen MR) is 120 cm³/mol. The number of piperidine rings is 1. The number of rotatable bonds is 6. The maximum Gasteiger partial charge on any atom is 0.336 e. The molecule has 1 fully saturated rings. The number of carbonyl (C=O) groups is 1. The molecule has 2 rings (SSSR count).